The van der Waals surface area contributed by atoms with Gasteiger partial charge in [-0.25, -0.2) is 0 Å². The van der Waals surface area contributed by atoms with Crippen LogP contribution in [0.4, 0.5) is 11.4 Å². The van der Waals surface area contributed by atoms with Crippen molar-refractivity contribution in [3.05, 3.63) is 24.3 Å². The minimum absolute atomic E-state index is 0.0562. The molecule has 0 radical (unpaired) electrons. The Morgan fingerprint density at radius 1 is 1.42 bits per heavy atom. The molecule has 0 aliphatic carbocycles. The van der Waals surface area contributed by atoms with Crippen LogP contribution in [0.15, 0.2) is 24.3 Å². The highest BCUT2D eigenvalue weighted by Crippen LogP contribution is 2.33. The van der Waals surface area contributed by atoms with E-state index in [2.05, 4.69) is 24.1 Å². The van der Waals surface area contributed by atoms with Crippen molar-refractivity contribution in [2.75, 3.05) is 29.9 Å². The van der Waals surface area contributed by atoms with Crippen molar-refractivity contribution < 1.29 is 9.53 Å². The number of hydrogen-bond donors (Lipinski definition) is 1. The Labute approximate surface area is 114 Å². The third-order valence-corrected chi connectivity index (χ3v) is 3.09. The van der Waals surface area contributed by atoms with Crippen LogP contribution in [0, 0.1) is 0 Å². The number of benzene rings is 1. The number of ether oxygens (including phenoxy) is 1. The van der Waals surface area contributed by atoms with Crippen LogP contribution >= 0.6 is 0 Å². The first-order valence-electron chi connectivity index (χ1n) is 6.79. The minimum atomic E-state index is -0.158. The molecule has 1 N–H and O–H groups in total. The maximum absolute atomic E-state index is 11.8. The normalized spacial score (nSPS) is 16.5. The minimum Gasteiger partial charge on any atom is -0.464 e. The molecule has 1 heterocycles. The van der Waals surface area contributed by atoms with Crippen molar-refractivity contribution in [1.29, 1.82) is 0 Å². The van der Waals surface area contributed by atoms with Crippen molar-refractivity contribution in [2.24, 2.45) is 0 Å². The quantitative estimate of drug-likeness (QED) is 0.847. The van der Waals surface area contributed by atoms with E-state index in [4.69, 9.17) is 4.74 Å². The first-order valence-corrected chi connectivity index (χ1v) is 6.79. The lowest BCUT2D eigenvalue weighted by Crippen LogP contribution is -2.50. The molecule has 19 heavy (non-hydrogen) atoms. The predicted molar refractivity (Wildman–Crippen MR) is 77.6 cm³/mol. The summed E-state index contributed by atoms with van der Waals surface area (Å²) in [7, 11) is 0. The van der Waals surface area contributed by atoms with E-state index in [1.165, 1.54) is 0 Å². The topological polar surface area (TPSA) is 41.6 Å². The molecule has 4 nitrogen and oxygen atoms in total. The summed E-state index contributed by atoms with van der Waals surface area (Å²) in [6.45, 7) is 7.85. The van der Waals surface area contributed by atoms with Gasteiger partial charge in [-0.2, -0.15) is 0 Å². The summed E-state index contributed by atoms with van der Waals surface area (Å²) in [5.41, 5.74) is 2.08. The smallest absolute Gasteiger partial charge is 0.325 e. The van der Waals surface area contributed by atoms with Crippen LogP contribution in [0.5, 0.6) is 0 Å². The zero-order valence-electron chi connectivity index (χ0n) is 11.9. The van der Waals surface area contributed by atoms with Gasteiger partial charge in [0.2, 0.25) is 0 Å². The van der Waals surface area contributed by atoms with Gasteiger partial charge < -0.3 is 15.0 Å². The molecule has 0 unspecified atom stereocenters. The molecule has 0 saturated heterocycles. The molecule has 0 amide bonds. The Kier molecular flexibility index (Phi) is 3.98. The first-order chi connectivity index (χ1) is 9.02. The molecule has 1 aliphatic rings. The number of nitrogens with one attached hydrogen (secondary N) is 1. The molecule has 104 valence electrons. The van der Waals surface area contributed by atoms with Crippen LogP contribution in [0.3, 0.4) is 0 Å². The van der Waals surface area contributed by atoms with Gasteiger partial charge in [-0.3, -0.25) is 4.79 Å². The Hall–Kier alpha value is -1.71. The van der Waals surface area contributed by atoms with Crippen LogP contribution in [0.25, 0.3) is 0 Å². The largest absolute Gasteiger partial charge is 0.464 e. The Bertz CT molecular complexity index is 457. The van der Waals surface area contributed by atoms with Crippen molar-refractivity contribution in [1.82, 2.24) is 0 Å². The number of hydrogen-bond acceptors (Lipinski definition) is 4. The van der Waals surface area contributed by atoms with Crippen LogP contribution in [-0.2, 0) is 9.53 Å². The van der Waals surface area contributed by atoms with Gasteiger partial charge in [0.05, 0.1) is 18.0 Å². The number of fused-ring (bicyclic) bond motifs is 1. The standard InChI is InChI=1S/C15H22N2O2/c1-4-9-19-14(18)10-17-11-15(2,3)16-12-7-5-6-8-13(12)17/h5-8,16H,4,9-11H2,1-3H3. The van der Waals surface area contributed by atoms with Gasteiger partial charge in [0, 0.05) is 12.1 Å². The Balaban J connectivity index is 2.13. The highest BCUT2D eigenvalue weighted by molar-refractivity contribution is 5.81. The van der Waals surface area contributed by atoms with Crippen LogP contribution in [-0.4, -0.2) is 31.2 Å². The number of carbonyl (C=O) groups is 1. The molecular formula is C15H22N2O2. The molecule has 1 aliphatic heterocycles. The fraction of sp³-hybridized carbons (Fsp3) is 0.533. The maximum atomic E-state index is 11.8. The maximum Gasteiger partial charge on any atom is 0.325 e. The molecule has 1 aromatic rings. The van der Waals surface area contributed by atoms with Crippen molar-refractivity contribution >= 4 is 17.3 Å². The molecule has 0 fully saturated rings. The van der Waals surface area contributed by atoms with Crippen molar-refractivity contribution in [3.8, 4) is 0 Å². The molecule has 0 aromatic heterocycles. The monoisotopic (exact) mass is 262 g/mol. The summed E-state index contributed by atoms with van der Waals surface area (Å²) in [5, 5.41) is 3.49. The summed E-state index contributed by atoms with van der Waals surface area (Å²) in [6.07, 6.45) is 0.857. The van der Waals surface area contributed by atoms with Gasteiger partial charge in [-0.15, -0.1) is 0 Å². The molecule has 4 heteroatoms. The number of rotatable bonds is 4. The molecule has 1 aromatic carbocycles. The lowest BCUT2D eigenvalue weighted by molar-refractivity contribution is -0.142. The molecule has 0 bridgehead atoms. The molecule has 0 saturated carbocycles. The van der Waals surface area contributed by atoms with E-state index in [0.29, 0.717) is 13.2 Å². The van der Waals surface area contributed by atoms with E-state index < -0.39 is 0 Å². The molecule has 0 spiro atoms. The zero-order valence-corrected chi connectivity index (χ0v) is 11.9. The van der Waals surface area contributed by atoms with E-state index in [1.54, 1.807) is 0 Å². The number of para-hydroxylation sites is 2. The Morgan fingerprint density at radius 2 is 2.16 bits per heavy atom. The van der Waals surface area contributed by atoms with Gasteiger partial charge in [0.15, 0.2) is 0 Å². The number of anilines is 2. The van der Waals surface area contributed by atoms with E-state index in [9.17, 15) is 4.79 Å². The third-order valence-electron chi connectivity index (χ3n) is 3.09. The van der Waals surface area contributed by atoms with E-state index in [0.717, 1.165) is 24.3 Å². The van der Waals surface area contributed by atoms with Gasteiger partial charge >= 0.3 is 5.97 Å². The zero-order chi connectivity index (χ0) is 13.9. The van der Waals surface area contributed by atoms with E-state index in [-0.39, 0.29) is 11.5 Å². The summed E-state index contributed by atoms with van der Waals surface area (Å²) in [4.78, 5) is 13.9. The van der Waals surface area contributed by atoms with Gasteiger partial charge in [0.25, 0.3) is 0 Å². The number of esters is 1. The highest BCUT2D eigenvalue weighted by atomic mass is 16.5. The van der Waals surface area contributed by atoms with E-state index in [1.807, 2.05) is 31.2 Å². The fourth-order valence-corrected chi connectivity index (χ4v) is 2.38. The SMILES string of the molecule is CCCOC(=O)CN1CC(C)(C)Nc2ccccc21. The van der Waals surface area contributed by atoms with Crippen LogP contribution < -0.4 is 10.2 Å². The van der Waals surface area contributed by atoms with Crippen molar-refractivity contribution in [3.63, 3.8) is 0 Å². The molecular weight excluding hydrogens is 240 g/mol. The molecule has 2 rings (SSSR count). The first kappa shape index (κ1) is 13.7. The second-order valence-corrected chi connectivity index (χ2v) is 5.60. The second-order valence-electron chi connectivity index (χ2n) is 5.60. The lowest BCUT2D eigenvalue weighted by Gasteiger charge is -2.41. The second kappa shape index (κ2) is 5.51. The summed E-state index contributed by atoms with van der Waals surface area (Å²) >= 11 is 0. The average molecular weight is 262 g/mol. The summed E-state index contributed by atoms with van der Waals surface area (Å²) < 4.78 is 5.18. The summed E-state index contributed by atoms with van der Waals surface area (Å²) in [5.74, 6) is -0.158. The average Bonchev–Trinajstić information content (AvgIpc) is 2.35. The van der Waals surface area contributed by atoms with Crippen LogP contribution in [0.2, 0.25) is 0 Å². The van der Waals surface area contributed by atoms with E-state index >= 15 is 0 Å². The Morgan fingerprint density at radius 3 is 2.89 bits per heavy atom. The van der Waals surface area contributed by atoms with Crippen LogP contribution in [0.1, 0.15) is 27.2 Å². The third kappa shape index (κ3) is 3.40. The predicted octanol–water partition coefficient (Wildman–Crippen LogP) is 2.65. The number of carbonyl (C=O) groups excluding carboxylic acids is 1. The van der Waals surface area contributed by atoms with Gasteiger partial charge in [-0.05, 0) is 32.4 Å². The van der Waals surface area contributed by atoms with Gasteiger partial charge in [0.1, 0.15) is 6.54 Å². The number of nitrogens with zero attached hydrogens (tertiary/aromatic N) is 1. The fourth-order valence-electron chi connectivity index (χ4n) is 2.38. The lowest BCUT2D eigenvalue weighted by atomic mass is 9.99. The molecule has 0 atom stereocenters. The highest BCUT2D eigenvalue weighted by Gasteiger charge is 2.30. The van der Waals surface area contributed by atoms with Crippen molar-refractivity contribution in [2.45, 2.75) is 32.7 Å². The van der Waals surface area contributed by atoms with Gasteiger partial charge in [-0.1, -0.05) is 19.1 Å². The summed E-state index contributed by atoms with van der Waals surface area (Å²) in [6, 6.07) is 8.06.